The van der Waals surface area contributed by atoms with Crippen LogP contribution in [0.4, 0.5) is 0 Å². The van der Waals surface area contributed by atoms with Gasteiger partial charge in [-0.05, 0) is 13.8 Å². The van der Waals surface area contributed by atoms with Gasteiger partial charge in [-0.2, -0.15) is 0 Å². The van der Waals surface area contributed by atoms with E-state index in [1.54, 1.807) is 13.8 Å². The predicted molar refractivity (Wildman–Crippen MR) is 56.7 cm³/mol. The van der Waals surface area contributed by atoms with Gasteiger partial charge in [0, 0.05) is 6.42 Å². The molecule has 0 unspecified atom stereocenters. The topological polar surface area (TPSA) is 102 Å². The fourth-order valence-corrected chi connectivity index (χ4v) is 0.977. The summed E-state index contributed by atoms with van der Waals surface area (Å²) in [6.45, 7) is 3.46. The molecule has 0 heterocycles. The molecule has 0 radical (unpaired) electrons. The Morgan fingerprint density at radius 2 is 1.65 bits per heavy atom. The van der Waals surface area contributed by atoms with Gasteiger partial charge in [0.2, 0.25) is 5.71 Å². The number of Topliss-reactive ketones (excluding diaryl/α,β-unsaturated/α-hetero) is 1. The summed E-state index contributed by atoms with van der Waals surface area (Å²) in [4.78, 5) is 33.5. The van der Waals surface area contributed by atoms with Crippen molar-refractivity contribution in [3.05, 3.63) is 0 Å². The smallest absolute Gasteiger partial charge is 0.364 e. The Bertz CT molecular complexity index is 323. The normalized spacial score (nSPS) is 10.8. The third-order valence-corrected chi connectivity index (χ3v) is 1.69. The third-order valence-electron chi connectivity index (χ3n) is 1.69. The summed E-state index contributed by atoms with van der Waals surface area (Å²) in [6.07, 6.45) is -0.442. The van der Waals surface area contributed by atoms with Crippen molar-refractivity contribution in [3.63, 3.8) is 0 Å². The second-order valence-electron chi connectivity index (χ2n) is 2.90. The Morgan fingerprint density at radius 1 is 1.06 bits per heavy atom. The lowest BCUT2D eigenvalue weighted by atomic mass is 10.1. The van der Waals surface area contributed by atoms with Crippen LogP contribution in [0.3, 0.4) is 0 Å². The number of carbonyl (C=O) groups is 3. The number of nitrogens with zero attached hydrogens (tertiary/aromatic N) is 1. The first-order chi connectivity index (χ1) is 8.06. The Hall–Kier alpha value is -1.92. The zero-order chi connectivity index (χ0) is 13.3. The Labute approximate surface area is 98.4 Å². The molecule has 1 N–H and O–H groups in total. The first kappa shape index (κ1) is 15.1. The van der Waals surface area contributed by atoms with E-state index in [9.17, 15) is 14.4 Å². The van der Waals surface area contributed by atoms with Gasteiger partial charge < -0.3 is 14.7 Å². The highest BCUT2D eigenvalue weighted by Gasteiger charge is 2.23. The van der Waals surface area contributed by atoms with Crippen LogP contribution in [-0.4, -0.2) is 41.9 Å². The van der Waals surface area contributed by atoms with Crippen LogP contribution in [0.5, 0.6) is 0 Å². The summed E-state index contributed by atoms with van der Waals surface area (Å²) < 4.78 is 9.11. The first-order valence-electron chi connectivity index (χ1n) is 5.14. The summed E-state index contributed by atoms with van der Waals surface area (Å²) in [7, 11) is 0. The Morgan fingerprint density at radius 3 is 2.12 bits per heavy atom. The average Bonchev–Trinajstić information content (AvgIpc) is 2.28. The van der Waals surface area contributed by atoms with Gasteiger partial charge in [0.15, 0.2) is 5.78 Å². The monoisotopic (exact) mass is 245 g/mol. The minimum absolute atomic E-state index is 0.0585. The molecule has 17 heavy (non-hydrogen) atoms. The molecule has 0 amide bonds. The van der Waals surface area contributed by atoms with Crippen LogP contribution < -0.4 is 0 Å². The summed E-state index contributed by atoms with van der Waals surface area (Å²) in [5.41, 5.74) is -0.712. The zero-order valence-corrected chi connectivity index (χ0v) is 9.76. The van der Waals surface area contributed by atoms with Crippen LogP contribution in [0.2, 0.25) is 0 Å². The van der Waals surface area contributed by atoms with Crippen molar-refractivity contribution in [1.29, 1.82) is 0 Å². The number of rotatable bonds is 7. The molecular formula is C10H15NO6. The average molecular weight is 245 g/mol. The molecule has 0 rings (SSSR count). The maximum atomic E-state index is 11.4. The van der Waals surface area contributed by atoms with Crippen molar-refractivity contribution in [2.75, 3.05) is 13.2 Å². The highest BCUT2D eigenvalue weighted by atomic mass is 16.5. The highest BCUT2D eigenvalue weighted by molar-refractivity contribution is 6.64. The van der Waals surface area contributed by atoms with E-state index in [-0.39, 0.29) is 26.1 Å². The molecule has 0 aromatic carbocycles. The highest BCUT2D eigenvalue weighted by Crippen LogP contribution is 1.98. The van der Waals surface area contributed by atoms with Gasteiger partial charge in [-0.15, -0.1) is 0 Å². The molecule has 0 aliphatic heterocycles. The van der Waals surface area contributed by atoms with Gasteiger partial charge in [0.25, 0.3) is 0 Å². The van der Waals surface area contributed by atoms with E-state index in [1.165, 1.54) is 0 Å². The largest absolute Gasteiger partial charge is 0.466 e. The molecule has 0 aromatic rings. The van der Waals surface area contributed by atoms with Crippen molar-refractivity contribution in [1.82, 2.24) is 0 Å². The first-order valence-corrected chi connectivity index (χ1v) is 5.14. The lowest BCUT2D eigenvalue weighted by Gasteiger charge is -2.03. The van der Waals surface area contributed by atoms with E-state index in [4.69, 9.17) is 5.21 Å². The third kappa shape index (κ3) is 5.64. The lowest BCUT2D eigenvalue weighted by molar-refractivity contribution is -0.144. The molecular weight excluding hydrogens is 230 g/mol. The number of hydrogen-bond donors (Lipinski definition) is 1. The standard InChI is InChI=1S/C10H15NO6/c1-3-16-8(13)6-5-7(12)9(11-15)10(14)17-4-2/h15H,3-6H2,1-2H3/b11-9+. The van der Waals surface area contributed by atoms with E-state index < -0.39 is 23.4 Å². The molecule has 0 saturated carbocycles. The van der Waals surface area contributed by atoms with Crippen LogP contribution in [-0.2, 0) is 23.9 Å². The quantitative estimate of drug-likeness (QED) is 0.227. The van der Waals surface area contributed by atoms with E-state index in [0.717, 1.165) is 0 Å². The Kier molecular flexibility index (Phi) is 7.32. The van der Waals surface area contributed by atoms with Crippen LogP contribution in [0.15, 0.2) is 5.16 Å². The molecule has 7 heteroatoms. The number of hydrogen-bond acceptors (Lipinski definition) is 7. The zero-order valence-electron chi connectivity index (χ0n) is 9.76. The second kappa shape index (κ2) is 8.26. The van der Waals surface area contributed by atoms with Gasteiger partial charge in [-0.25, -0.2) is 4.79 Å². The van der Waals surface area contributed by atoms with E-state index >= 15 is 0 Å². The maximum absolute atomic E-state index is 11.4. The van der Waals surface area contributed by atoms with Crippen LogP contribution in [0.25, 0.3) is 0 Å². The molecule has 0 bridgehead atoms. The molecule has 0 aliphatic carbocycles. The predicted octanol–water partition coefficient (Wildman–Crippen LogP) is 0.292. The van der Waals surface area contributed by atoms with Crippen molar-refractivity contribution in [2.45, 2.75) is 26.7 Å². The molecule has 0 spiro atoms. The summed E-state index contributed by atoms with van der Waals surface area (Å²) in [5.74, 6) is -2.33. The van der Waals surface area contributed by atoms with E-state index in [1.807, 2.05) is 0 Å². The molecule has 7 nitrogen and oxygen atoms in total. The molecule has 0 fully saturated rings. The van der Waals surface area contributed by atoms with Gasteiger partial charge in [0.05, 0.1) is 19.6 Å². The van der Waals surface area contributed by atoms with Crippen molar-refractivity contribution >= 4 is 23.4 Å². The van der Waals surface area contributed by atoms with Crippen LogP contribution in [0, 0.1) is 0 Å². The van der Waals surface area contributed by atoms with Gasteiger partial charge in [0.1, 0.15) is 0 Å². The minimum atomic E-state index is -1.01. The van der Waals surface area contributed by atoms with Crippen molar-refractivity contribution in [3.8, 4) is 0 Å². The number of esters is 2. The van der Waals surface area contributed by atoms with E-state index in [2.05, 4.69) is 14.6 Å². The number of ketones is 1. The van der Waals surface area contributed by atoms with Gasteiger partial charge >= 0.3 is 11.9 Å². The minimum Gasteiger partial charge on any atom is -0.466 e. The van der Waals surface area contributed by atoms with Crippen LogP contribution >= 0.6 is 0 Å². The van der Waals surface area contributed by atoms with Gasteiger partial charge in [-0.3, -0.25) is 9.59 Å². The SMILES string of the molecule is CCOC(=O)CCC(=O)/C(=N\O)C(=O)OCC. The molecule has 0 aliphatic rings. The molecule has 0 saturated heterocycles. The maximum Gasteiger partial charge on any atom is 0.364 e. The fourth-order valence-electron chi connectivity index (χ4n) is 0.977. The molecule has 96 valence electrons. The summed E-state index contributed by atoms with van der Waals surface area (Å²) >= 11 is 0. The summed E-state index contributed by atoms with van der Waals surface area (Å²) in [5, 5.41) is 11.1. The van der Waals surface area contributed by atoms with Crippen LogP contribution in [0.1, 0.15) is 26.7 Å². The number of ether oxygens (including phenoxy) is 2. The summed E-state index contributed by atoms with van der Waals surface area (Å²) in [6, 6.07) is 0. The van der Waals surface area contributed by atoms with Crippen molar-refractivity contribution < 1.29 is 29.1 Å². The number of oxime groups is 1. The Balaban J connectivity index is 4.28. The molecule has 0 atom stereocenters. The number of carbonyl (C=O) groups excluding carboxylic acids is 3. The van der Waals surface area contributed by atoms with Crippen molar-refractivity contribution in [2.24, 2.45) is 5.16 Å². The second-order valence-corrected chi connectivity index (χ2v) is 2.90. The fraction of sp³-hybridized carbons (Fsp3) is 0.600. The lowest BCUT2D eigenvalue weighted by Crippen LogP contribution is -2.27. The van der Waals surface area contributed by atoms with Gasteiger partial charge in [-0.1, -0.05) is 5.16 Å². The van der Waals surface area contributed by atoms with E-state index in [0.29, 0.717) is 0 Å². The molecule has 0 aromatic heterocycles.